The van der Waals surface area contributed by atoms with Crippen LogP contribution in [0.15, 0.2) is 12.3 Å². The van der Waals surface area contributed by atoms with E-state index in [1.807, 2.05) is 6.08 Å². The smallest absolute Gasteiger partial charge is 0.143 e. The van der Waals surface area contributed by atoms with Crippen LogP contribution in [0.5, 0.6) is 0 Å². The monoisotopic (exact) mass is 103 g/mol. The highest BCUT2D eigenvalue weighted by Crippen LogP contribution is 1.99. The molecule has 0 aromatic rings. The molecule has 1 aliphatic rings. The molecule has 0 aromatic carbocycles. The first kappa shape index (κ1) is 4.02. The molecule has 1 rings (SSSR count). The van der Waals surface area contributed by atoms with E-state index in [9.17, 15) is 0 Å². The molecule has 1 aliphatic heterocycles. The minimum atomic E-state index is 0.907. The summed E-state index contributed by atoms with van der Waals surface area (Å²) in [7, 11) is 0. The molecule has 0 amide bonds. The van der Waals surface area contributed by atoms with Gasteiger partial charge in [0.25, 0.3) is 0 Å². The van der Waals surface area contributed by atoms with Crippen molar-refractivity contribution in [1.82, 2.24) is 4.72 Å². The van der Waals surface area contributed by atoms with E-state index in [1.54, 1.807) is 6.26 Å². The SMILES string of the molecule is C1=COSNC1. The van der Waals surface area contributed by atoms with Gasteiger partial charge in [0.2, 0.25) is 0 Å². The Kier molecular flexibility index (Phi) is 1.41. The number of hydrogen-bond acceptors (Lipinski definition) is 3. The van der Waals surface area contributed by atoms with Gasteiger partial charge < -0.3 is 4.18 Å². The molecule has 0 saturated carbocycles. The summed E-state index contributed by atoms with van der Waals surface area (Å²) in [5.74, 6) is 0. The van der Waals surface area contributed by atoms with Crippen LogP contribution in [0.25, 0.3) is 0 Å². The van der Waals surface area contributed by atoms with Crippen LogP contribution >= 0.6 is 12.2 Å². The van der Waals surface area contributed by atoms with Crippen LogP contribution in [0.3, 0.4) is 0 Å². The predicted octanol–water partition coefficient (Wildman–Crippen LogP) is 0.683. The molecule has 2 nitrogen and oxygen atoms in total. The Morgan fingerprint density at radius 2 is 2.83 bits per heavy atom. The van der Waals surface area contributed by atoms with E-state index in [2.05, 4.69) is 4.72 Å². The van der Waals surface area contributed by atoms with Crippen LogP contribution in [0.4, 0.5) is 0 Å². The van der Waals surface area contributed by atoms with Gasteiger partial charge in [0, 0.05) is 6.54 Å². The summed E-state index contributed by atoms with van der Waals surface area (Å²) < 4.78 is 7.59. The van der Waals surface area contributed by atoms with E-state index in [0.29, 0.717) is 0 Å². The Hall–Kier alpha value is -0.150. The highest BCUT2D eigenvalue weighted by Gasteiger charge is 1.86. The average molecular weight is 103 g/mol. The van der Waals surface area contributed by atoms with Crippen molar-refractivity contribution in [3.05, 3.63) is 12.3 Å². The molecular formula is C3H5NOS. The minimum absolute atomic E-state index is 0.907. The van der Waals surface area contributed by atoms with Crippen molar-refractivity contribution in [2.45, 2.75) is 0 Å². The second kappa shape index (κ2) is 2.10. The van der Waals surface area contributed by atoms with Crippen LogP contribution < -0.4 is 4.72 Å². The second-order valence-electron chi connectivity index (χ2n) is 0.900. The molecule has 0 bridgehead atoms. The Balaban J connectivity index is 2.26. The summed E-state index contributed by atoms with van der Waals surface area (Å²) in [5.41, 5.74) is 0. The lowest BCUT2D eigenvalue weighted by molar-refractivity contribution is 0.545. The zero-order valence-electron chi connectivity index (χ0n) is 3.18. The molecule has 0 spiro atoms. The maximum absolute atomic E-state index is 4.69. The van der Waals surface area contributed by atoms with Gasteiger partial charge in [-0.1, -0.05) is 0 Å². The molecule has 1 N–H and O–H groups in total. The standard InChI is InChI=1S/C3H5NOS/c1-2-4-6-5-3-1/h1,3-4H,2H2. The van der Waals surface area contributed by atoms with E-state index < -0.39 is 0 Å². The van der Waals surface area contributed by atoms with Crippen LogP contribution in [0.1, 0.15) is 0 Å². The third-order valence-electron chi connectivity index (χ3n) is 0.460. The fourth-order valence-corrected chi connectivity index (χ4v) is 0.598. The van der Waals surface area contributed by atoms with Gasteiger partial charge in [-0.2, -0.15) is 0 Å². The second-order valence-corrected chi connectivity index (χ2v) is 1.55. The van der Waals surface area contributed by atoms with E-state index in [1.165, 1.54) is 12.2 Å². The van der Waals surface area contributed by atoms with E-state index in [-0.39, 0.29) is 0 Å². The molecule has 0 radical (unpaired) electrons. The molecule has 0 fully saturated rings. The van der Waals surface area contributed by atoms with Gasteiger partial charge in [0.05, 0.1) is 0 Å². The van der Waals surface area contributed by atoms with E-state index in [4.69, 9.17) is 4.18 Å². The van der Waals surface area contributed by atoms with Crippen molar-refractivity contribution < 1.29 is 4.18 Å². The van der Waals surface area contributed by atoms with Crippen molar-refractivity contribution in [3.8, 4) is 0 Å². The first-order valence-electron chi connectivity index (χ1n) is 1.70. The molecule has 3 heteroatoms. The van der Waals surface area contributed by atoms with Crippen molar-refractivity contribution in [2.75, 3.05) is 6.54 Å². The Morgan fingerprint density at radius 3 is 3.00 bits per heavy atom. The van der Waals surface area contributed by atoms with Crippen LogP contribution in [-0.2, 0) is 4.18 Å². The Labute approximate surface area is 40.9 Å². The molecular weight excluding hydrogens is 98.1 g/mol. The molecule has 1 heterocycles. The molecule has 6 heavy (non-hydrogen) atoms. The molecule has 0 atom stereocenters. The van der Waals surface area contributed by atoms with Gasteiger partial charge in [-0.3, -0.25) is 0 Å². The Morgan fingerprint density at radius 1 is 1.83 bits per heavy atom. The van der Waals surface area contributed by atoms with Crippen molar-refractivity contribution in [3.63, 3.8) is 0 Å². The minimum Gasteiger partial charge on any atom is -0.418 e. The van der Waals surface area contributed by atoms with Gasteiger partial charge in [-0.25, -0.2) is 4.72 Å². The molecule has 0 saturated heterocycles. The lowest BCUT2D eigenvalue weighted by Crippen LogP contribution is -2.05. The summed E-state index contributed by atoms with van der Waals surface area (Å²) in [6, 6.07) is 0. The average Bonchev–Trinajstić information content (AvgIpc) is 1.72. The molecule has 0 aliphatic carbocycles. The molecule has 0 aromatic heterocycles. The van der Waals surface area contributed by atoms with Gasteiger partial charge >= 0.3 is 0 Å². The van der Waals surface area contributed by atoms with Crippen molar-refractivity contribution >= 4 is 12.2 Å². The molecule has 34 valence electrons. The fourth-order valence-electron chi connectivity index (χ4n) is 0.231. The summed E-state index contributed by atoms with van der Waals surface area (Å²) in [4.78, 5) is 0. The van der Waals surface area contributed by atoms with Gasteiger partial charge in [-0.15, -0.1) is 0 Å². The van der Waals surface area contributed by atoms with Crippen molar-refractivity contribution in [1.29, 1.82) is 0 Å². The summed E-state index contributed by atoms with van der Waals surface area (Å²) >= 11 is 1.26. The summed E-state index contributed by atoms with van der Waals surface area (Å²) in [5, 5.41) is 0. The third kappa shape index (κ3) is 0.914. The van der Waals surface area contributed by atoms with Crippen LogP contribution in [0, 0.1) is 0 Å². The number of rotatable bonds is 0. The normalized spacial score (nSPS) is 20.0. The zero-order valence-corrected chi connectivity index (χ0v) is 3.99. The van der Waals surface area contributed by atoms with Crippen molar-refractivity contribution in [2.24, 2.45) is 0 Å². The maximum atomic E-state index is 4.69. The number of hydrogen-bond donors (Lipinski definition) is 1. The quantitative estimate of drug-likeness (QED) is 0.360. The lowest BCUT2D eigenvalue weighted by Gasteiger charge is -2.01. The highest BCUT2D eigenvalue weighted by atomic mass is 32.2. The van der Waals surface area contributed by atoms with E-state index >= 15 is 0 Å². The third-order valence-corrected chi connectivity index (χ3v) is 0.952. The number of nitrogens with one attached hydrogen (secondary N) is 1. The van der Waals surface area contributed by atoms with Gasteiger partial charge in [0.1, 0.15) is 18.5 Å². The fraction of sp³-hybridized carbons (Fsp3) is 0.333. The largest absolute Gasteiger partial charge is 0.418 e. The first-order valence-corrected chi connectivity index (χ1v) is 2.44. The van der Waals surface area contributed by atoms with Crippen LogP contribution in [-0.4, -0.2) is 6.54 Å². The molecule has 0 unspecified atom stereocenters. The maximum Gasteiger partial charge on any atom is 0.143 e. The highest BCUT2D eigenvalue weighted by molar-refractivity contribution is 7.92. The van der Waals surface area contributed by atoms with Gasteiger partial charge in [0.15, 0.2) is 0 Å². The van der Waals surface area contributed by atoms with E-state index in [0.717, 1.165) is 6.54 Å². The van der Waals surface area contributed by atoms with Crippen LogP contribution in [0.2, 0.25) is 0 Å². The van der Waals surface area contributed by atoms with Gasteiger partial charge in [-0.05, 0) is 6.08 Å². The predicted molar refractivity (Wildman–Crippen MR) is 25.8 cm³/mol. The first-order chi connectivity index (χ1) is 3.00. The Bertz CT molecular complexity index is 55.8. The summed E-state index contributed by atoms with van der Waals surface area (Å²) in [6.45, 7) is 0.907. The topological polar surface area (TPSA) is 21.3 Å². The lowest BCUT2D eigenvalue weighted by atomic mass is 10.6. The zero-order chi connectivity index (χ0) is 4.24. The summed E-state index contributed by atoms with van der Waals surface area (Å²) in [6.07, 6.45) is 3.58.